The van der Waals surface area contributed by atoms with E-state index in [-0.39, 0.29) is 29.3 Å². The molecule has 0 saturated heterocycles. The molecule has 24 heavy (non-hydrogen) atoms. The molecule has 0 aromatic heterocycles. The summed E-state index contributed by atoms with van der Waals surface area (Å²) in [5.41, 5.74) is -0.580. The van der Waals surface area contributed by atoms with Crippen LogP contribution in [-0.2, 0) is 4.79 Å². The first kappa shape index (κ1) is 19.3. The summed E-state index contributed by atoms with van der Waals surface area (Å²) in [5.74, 6) is -0.402. The molecule has 0 saturated carbocycles. The molecule has 0 aliphatic carbocycles. The number of nitro benzene ring substituents is 2. The molecule has 1 N–H and O–H groups in total. The standard InChI is InChI=1S/C15H22N4O5/c1-4-6-7-16-12-9-15(19(23)24)14(10-13(12)18(21)22)17(8-5-2)11(3)20/h9-10,16H,4-8H2,1-3H3. The van der Waals surface area contributed by atoms with Gasteiger partial charge in [-0.25, -0.2) is 0 Å². The number of amides is 1. The van der Waals surface area contributed by atoms with Crippen LogP contribution < -0.4 is 10.2 Å². The van der Waals surface area contributed by atoms with E-state index in [1.54, 1.807) is 0 Å². The lowest BCUT2D eigenvalue weighted by molar-refractivity contribution is -0.387. The normalized spacial score (nSPS) is 10.3. The first-order valence-electron chi connectivity index (χ1n) is 7.82. The molecule has 1 amide bonds. The van der Waals surface area contributed by atoms with Gasteiger partial charge in [0.2, 0.25) is 5.91 Å². The molecule has 0 unspecified atom stereocenters. The van der Waals surface area contributed by atoms with Gasteiger partial charge in [0.25, 0.3) is 11.4 Å². The molecule has 1 rings (SSSR count). The van der Waals surface area contributed by atoms with E-state index in [0.29, 0.717) is 13.0 Å². The molecule has 0 fully saturated rings. The van der Waals surface area contributed by atoms with E-state index in [1.807, 2.05) is 13.8 Å². The molecule has 9 nitrogen and oxygen atoms in total. The van der Waals surface area contributed by atoms with Gasteiger partial charge < -0.3 is 10.2 Å². The molecule has 0 aliphatic rings. The maximum Gasteiger partial charge on any atom is 0.295 e. The van der Waals surface area contributed by atoms with E-state index in [9.17, 15) is 25.0 Å². The Morgan fingerprint density at radius 2 is 1.75 bits per heavy atom. The van der Waals surface area contributed by atoms with Gasteiger partial charge in [0.05, 0.1) is 9.85 Å². The summed E-state index contributed by atoms with van der Waals surface area (Å²) in [6, 6.07) is 2.23. The average Bonchev–Trinajstić information content (AvgIpc) is 2.51. The maximum absolute atomic E-state index is 11.8. The monoisotopic (exact) mass is 338 g/mol. The highest BCUT2D eigenvalue weighted by molar-refractivity contribution is 5.95. The molecule has 0 spiro atoms. The van der Waals surface area contributed by atoms with Crippen LogP contribution in [0.5, 0.6) is 0 Å². The van der Waals surface area contributed by atoms with E-state index >= 15 is 0 Å². The van der Waals surface area contributed by atoms with Gasteiger partial charge >= 0.3 is 0 Å². The highest BCUT2D eigenvalue weighted by Gasteiger charge is 2.28. The Bertz CT molecular complexity index is 633. The summed E-state index contributed by atoms with van der Waals surface area (Å²) in [4.78, 5) is 34.5. The number of nitro groups is 2. The molecular weight excluding hydrogens is 316 g/mol. The van der Waals surface area contributed by atoms with Gasteiger partial charge in [-0.2, -0.15) is 0 Å². The van der Waals surface area contributed by atoms with Crippen LogP contribution in [0.4, 0.5) is 22.7 Å². The summed E-state index contributed by atoms with van der Waals surface area (Å²) in [6.45, 7) is 5.78. The Morgan fingerprint density at radius 3 is 2.21 bits per heavy atom. The van der Waals surface area contributed by atoms with Crippen molar-refractivity contribution < 1.29 is 14.6 Å². The van der Waals surface area contributed by atoms with E-state index in [1.165, 1.54) is 11.8 Å². The van der Waals surface area contributed by atoms with E-state index in [2.05, 4.69) is 5.32 Å². The first-order valence-corrected chi connectivity index (χ1v) is 7.82. The zero-order valence-corrected chi connectivity index (χ0v) is 14.1. The fraction of sp³-hybridized carbons (Fsp3) is 0.533. The van der Waals surface area contributed by atoms with Crippen LogP contribution in [0.15, 0.2) is 12.1 Å². The number of nitrogens with zero attached hydrogens (tertiary/aromatic N) is 3. The lowest BCUT2D eigenvalue weighted by Gasteiger charge is -2.20. The van der Waals surface area contributed by atoms with Gasteiger partial charge in [-0.05, 0) is 12.8 Å². The molecular formula is C15H22N4O5. The van der Waals surface area contributed by atoms with Crippen LogP contribution in [-0.4, -0.2) is 28.8 Å². The minimum atomic E-state index is -0.629. The Morgan fingerprint density at radius 1 is 1.12 bits per heavy atom. The number of benzene rings is 1. The third-order valence-corrected chi connectivity index (χ3v) is 3.45. The highest BCUT2D eigenvalue weighted by atomic mass is 16.6. The minimum Gasteiger partial charge on any atom is -0.379 e. The van der Waals surface area contributed by atoms with Crippen LogP contribution in [0.2, 0.25) is 0 Å². The van der Waals surface area contributed by atoms with Gasteiger partial charge in [0, 0.05) is 32.1 Å². The van der Waals surface area contributed by atoms with Crippen molar-refractivity contribution in [1.29, 1.82) is 0 Å². The smallest absolute Gasteiger partial charge is 0.295 e. The molecule has 0 bridgehead atoms. The molecule has 132 valence electrons. The van der Waals surface area contributed by atoms with Gasteiger partial charge in [-0.15, -0.1) is 0 Å². The second-order valence-corrected chi connectivity index (χ2v) is 5.32. The molecule has 0 radical (unpaired) electrons. The number of anilines is 2. The molecule has 0 heterocycles. The van der Waals surface area contributed by atoms with Gasteiger partial charge in [0.15, 0.2) is 0 Å². The second kappa shape index (κ2) is 8.80. The van der Waals surface area contributed by atoms with Crippen molar-refractivity contribution in [3.05, 3.63) is 32.4 Å². The maximum atomic E-state index is 11.8. The third-order valence-electron chi connectivity index (χ3n) is 3.45. The second-order valence-electron chi connectivity index (χ2n) is 5.32. The number of rotatable bonds is 9. The van der Waals surface area contributed by atoms with Crippen molar-refractivity contribution in [2.75, 3.05) is 23.3 Å². The van der Waals surface area contributed by atoms with Crippen molar-refractivity contribution in [3.63, 3.8) is 0 Å². The third kappa shape index (κ3) is 4.64. The summed E-state index contributed by atoms with van der Waals surface area (Å²) < 4.78 is 0. The quantitative estimate of drug-likeness (QED) is 0.418. The Hall–Kier alpha value is -2.71. The van der Waals surface area contributed by atoms with Crippen LogP contribution in [0.3, 0.4) is 0 Å². The minimum absolute atomic E-state index is 0.0536. The largest absolute Gasteiger partial charge is 0.379 e. The molecule has 1 aromatic carbocycles. The molecule has 0 aliphatic heterocycles. The van der Waals surface area contributed by atoms with E-state index in [4.69, 9.17) is 0 Å². The summed E-state index contributed by atoms with van der Waals surface area (Å²) in [6.07, 6.45) is 2.23. The molecule has 0 atom stereocenters. The number of hydrogen-bond donors (Lipinski definition) is 1. The number of unbranched alkanes of at least 4 members (excludes halogenated alkanes) is 1. The van der Waals surface area contributed by atoms with Crippen molar-refractivity contribution in [2.45, 2.75) is 40.0 Å². The van der Waals surface area contributed by atoms with Crippen LogP contribution in [0.1, 0.15) is 40.0 Å². The van der Waals surface area contributed by atoms with Crippen molar-refractivity contribution >= 4 is 28.7 Å². The number of hydrogen-bond acceptors (Lipinski definition) is 6. The SMILES string of the molecule is CCCCNc1cc([N+](=O)[O-])c(N(CCC)C(C)=O)cc1[N+](=O)[O-]. The number of carbonyl (C=O) groups is 1. The summed E-state index contributed by atoms with van der Waals surface area (Å²) in [5, 5.41) is 25.6. The van der Waals surface area contributed by atoms with Crippen molar-refractivity contribution in [2.24, 2.45) is 0 Å². The number of nitrogens with one attached hydrogen (secondary N) is 1. The Kier molecular flexibility index (Phi) is 7.09. The van der Waals surface area contributed by atoms with Gasteiger partial charge in [-0.3, -0.25) is 25.0 Å². The number of carbonyl (C=O) groups excluding carboxylic acids is 1. The predicted octanol–water partition coefficient (Wildman–Crippen LogP) is 3.48. The van der Waals surface area contributed by atoms with Crippen LogP contribution in [0.25, 0.3) is 0 Å². The van der Waals surface area contributed by atoms with Gasteiger partial charge in [0.1, 0.15) is 11.4 Å². The Labute approximate surface area is 139 Å². The van der Waals surface area contributed by atoms with Crippen LogP contribution >= 0.6 is 0 Å². The lowest BCUT2D eigenvalue weighted by Crippen LogP contribution is -2.30. The topological polar surface area (TPSA) is 119 Å². The fourth-order valence-electron chi connectivity index (χ4n) is 2.29. The zero-order chi connectivity index (χ0) is 18.3. The fourth-order valence-corrected chi connectivity index (χ4v) is 2.29. The van der Waals surface area contributed by atoms with Gasteiger partial charge in [-0.1, -0.05) is 20.3 Å². The zero-order valence-electron chi connectivity index (χ0n) is 14.1. The van der Waals surface area contributed by atoms with Crippen LogP contribution in [0, 0.1) is 20.2 Å². The molecule has 1 aromatic rings. The van der Waals surface area contributed by atoms with E-state index in [0.717, 1.165) is 25.0 Å². The molecule has 9 heteroatoms. The lowest BCUT2D eigenvalue weighted by atomic mass is 10.1. The predicted molar refractivity (Wildman–Crippen MR) is 91.5 cm³/mol. The average molecular weight is 338 g/mol. The summed E-state index contributed by atoms with van der Waals surface area (Å²) >= 11 is 0. The first-order chi connectivity index (χ1) is 11.3. The summed E-state index contributed by atoms with van der Waals surface area (Å²) in [7, 11) is 0. The van der Waals surface area contributed by atoms with E-state index < -0.39 is 15.8 Å². The highest BCUT2D eigenvalue weighted by Crippen LogP contribution is 2.38. The van der Waals surface area contributed by atoms with Crippen molar-refractivity contribution in [1.82, 2.24) is 0 Å². The Balaban J connectivity index is 3.46. The van der Waals surface area contributed by atoms with Crippen molar-refractivity contribution in [3.8, 4) is 0 Å².